The van der Waals surface area contributed by atoms with Crippen LogP contribution >= 0.6 is 11.6 Å². The van der Waals surface area contributed by atoms with Crippen molar-refractivity contribution in [3.8, 4) is 11.5 Å². The van der Waals surface area contributed by atoms with Crippen molar-refractivity contribution in [2.45, 2.75) is 18.3 Å². The zero-order chi connectivity index (χ0) is 17.3. The lowest BCUT2D eigenvalue weighted by Crippen LogP contribution is -2.44. The standard InChI is InChI=1S/C19H18ClNO4/c20-14-3-1-13(2-4-14)19(7-9-23-10-8-19)18(22)21-15-5-6-16-17(11-15)25-12-24-16/h1-6,11H,7-10,12H2,(H,21,22). The molecule has 2 aromatic rings. The van der Waals surface area contributed by atoms with Crippen molar-refractivity contribution < 1.29 is 19.0 Å². The van der Waals surface area contributed by atoms with E-state index in [4.69, 9.17) is 25.8 Å². The molecular weight excluding hydrogens is 342 g/mol. The van der Waals surface area contributed by atoms with Gasteiger partial charge in [-0.05, 0) is 42.7 Å². The van der Waals surface area contributed by atoms with Crippen molar-refractivity contribution in [3.63, 3.8) is 0 Å². The quantitative estimate of drug-likeness (QED) is 0.906. The molecule has 6 heteroatoms. The van der Waals surface area contributed by atoms with Gasteiger partial charge in [-0.3, -0.25) is 4.79 Å². The van der Waals surface area contributed by atoms with Gasteiger partial charge in [0.05, 0.1) is 5.41 Å². The minimum atomic E-state index is -0.626. The molecule has 0 bridgehead atoms. The number of anilines is 1. The number of fused-ring (bicyclic) bond motifs is 1. The van der Waals surface area contributed by atoms with Gasteiger partial charge in [-0.15, -0.1) is 0 Å². The molecule has 0 unspecified atom stereocenters. The summed E-state index contributed by atoms with van der Waals surface area (Å²) in [6.07, 6.45) is 1.26. The Morgan fingerprint density at radius 1 is 1.00 bits per heavy atom. The van der Waals surface area contributed by atoms with Crippen LogP contribution in [0.1, 0.15) is 18.4 Å². The van der Waals surface area contributed by atoms with Crippen LogP contribution in [0.4, 0.5) is 5.69 Å². The monoisotopic (exact) mass is 359 g/mol. The molecule has 5 nitrogen and oxygen atoms in total. The van der Waals surface area contributed by atoms with Crippen molar-refractivity contribution in [2.75, 3.05) is 25.3 Å². The summed E-state index contributed by atoms with van der Waals surface area (Å²) in [5.74, 6) is 1.29. The van der Waals surface area contributed by atoms with Crippen LogP contribution in [-0.2, 0) is 14.9 Å². The predicted molar refractivity (Wildman–Crippen MR) is 94.4 cm³/mol. The Labute approximate surface area is 150 Å². The molecule has 0 aromatic heterocycles. The minimum absolute atomic E-state index is 0.0445. The van der Waals surface area contributed by atoms with E-state index in [9.17, 15) is 4.79 Å². The first-order valence-electron chi connectivity index (χ1n) is 8.22. The highest BCUT2D eigenvalue weighted by Crippen LogP contribution is 2.38. The number of hydrogen-bond acceptors (Lipinski definition) is 4. The van der Waals surface area contributed by atoms with Crippen molar-refractivity contribution in [1.29, 1.82) is 0 Å². The molecule has 0 saturated carbocycles. The van der Waals surface area contributed by atoms with E-state index < -0.39 is 5.41 Å². The van der Waals surface area contributed by atoms with E-state index in [2.05, 4.69) is 5.32 Å². The molecule has 0 aliphatic carbocycles. The second-order valence-corrected chi connectivity index (χ2v) is 6.66. The van der Waals surface area contributed by atoms with Gasteiger partial charge in [-0.25, -0.2) is 0 Å². The lowest BCUT2D eigenvalue weighted by atomic mass is 9.73. The van der Waals surface area contributed by atoms with E-state index in [1.807, 2.05) is 30.3 Å². The summed E-state index contributed by atoms with van der Waals surface area (Å²) < 4.78 is 16.2. The van der Waals surface area contributed by atoms with Gasteiger partial charge in [-0.2, -0.15) is 0 Å². The van der Waals surface area contributed by atoms with E-state index in [1.54, 1.807) is 12.1 Å². The number of carbonyl (C=O) groups is 1. The maximum atomic E-state index is 13.2. The number of rotatable bonds is 3. The smallest absolute Gasteiger partial charge is 0.235 e. The number of nitrogens with one attached hydrogen (secondary N) is 1. The van der Waals surface area contributed by atoms with Gasteiger partial charge in [-0.1, -0.05) is 23.7 Å². The number of benzene rings is 2. The number of hydrogen-bond donors (Lipinski definition) is 1. The normalized spacial score (nSPS) is 18.0. The van der Waals surface area contributed by atoms with E-state index in [0.717, 1.165) is 5.56 Å². The Bertz CT molecular complexity index is 785. The SMILES string of the molecule is O=C(Nc1ccc2c(c1)OCO2)C1(c2ccc(Cl)cc2)CCOCC1. The Morgan fingerprint density at radius 3 is 2.48 bits per heavy atom. The van der Waals surface area contributed by atoms with Gasteiger partial charge >= 0.3 is 0 Å². The minimum Gasteiger partial charge on any atom is -0.454 e. The molecule has 0 spiro atoms. The van der Waals surface area contributed by atoms with E-state index in [0.29, 0.717) is 48.3 Å². The molecule has 2 heterocycles. The van der Waals surface area contributed by atoms with Crippen molar-refractivity contribution in [2.24, 2.45) is 0 Å². The first-order chi connectivity index (χ1) is 12.2. The van der Waals surface area contributed by atoms with E-state index >= 15 is 0 Å². The second-order valence-electron chi connectivity index (χ2n) is 6.22. The van der Waals surface area contributed by atoms with Crippen LogP contribution in [0.3, 0.4) is 0 Å². The van der Waals surface area contributed by atoms with Crippen LogP contribution in [0.2, 0.25) is 5.02 Å². The molecule has 2 aliphatic heterocycles. The maximum absolute atomic E-state index is 13.2. The van der Waals surface area contributed by atoms with Crippen molar-refractivity contribution in [1.82, 2.24) is 0 Å². The summed E-state index contributed by atoms with van der Waals surface area (Å²) in [4.78, 5) is 13.2. The summed E-state index contributed by atoms with van der Waals surface area (Å²) in [5.41, 5.74) is 1.02. The summed E-state index contributed by atoms with van der Waals surface area (Å²) >= 11 is 6.01. The average molecular weight is 360 g/mol. The number of amides is 1. The highest BCUT2D eigenvalue weighted by atomic mass is 35.5. The topological polar surface area (TPSA) is 56.8 Å². The van der Waals surface area contributed by atoms with Gasteiger partial charge < -0.3 is 19.5 Å². The second kappa shape index (κ2) is 6.58. The van der Waals surface area contributed by atoms with Gasteiger partial charge in [0.2, 0.25) is 12.7 Å². The lowest BCUT2D eigenvalue weighted by molar-refractivity contribution is -0.125. The van der Waals surface area contributed by atoms with Gasteiger partial charge in [0.1, 0.15) is 0 Å². The fourth-order valence-electron chi connectivity index (χ4n) is 3.36. The van der Waals surface area contributed by atoms with Crippen LogP contribution < -0.4 is 14.8 Å². The van der Waals surface area contributed by atoms with E-state index in [1.165, 1.54) is 0 Å². The molecule has 1 fully saturated rings. The lowest BCUT2D eigenvalue weighted by Gasteiger charge is -2.36. The fourth-order valence-corrected chi connectivity index (χ4v) is 3.49. The van der Waals surface area contributed by atoms with Crippen molar-refractivity contribution >= 4 is 23.2 Å². The van der Waals surface area contributed by atoms with Crippen LogP contribution in [0, 0.1) is 0 Å². The Kier molecular flexibility index (Phi) is 4.27. The molecular formula is C19H18ClNO4. The molecule has 25 heavy (non-hydrogen) atoms. The first kappa shape index (κ1) is 16.2. The zero-order valence-electron chi connectivity index (χ0n) is 13.6. The van der Waals surface area contributed by atoms with Crippen LogP contribution in [0.5, 0.6) is 11.5 Å². The zero-order valence-corrected chi connectivity index (χ0v) is 14.3. The van der Waals surface area contributed by atoms with Crippen LogP contribution in [0.25, 0.3) is 0 Å². The number of halogens is 1. The van der Waals surface area contributed by atoms with Crippen LogP contribution in [0.15, 0.2) is 42.5 Å². The molecule has 0 atom stereocenters. The first-order valence-corrected chi connectivity index (χ1v) is 8.60. The molecule has 0 radical (unpaired) electrons. The molecule has 1 amide bonds. The molecule has 2 aromatic carbocycles. The highest BCUT2D eigenvalue weighted by Gasteiger charge is 2.41. The predicted octanol–water partition coefficient (Wildman–Crippen LogP) is 3.76. The molecule has 1 saturated heterocycles. The van der Waals surface area contributed by atoms with Gasteiger partial charge in [0.25, 0.3) is 0 Å². The summed E-state index contributed by atoms with van der Waals surface area (Å²) in [7, 11) is 0. The average Bonchev–Trinajstić information content (AvgIpc) is 3.10. The van der Waals surface area contributed by atoms with Crippen LogP contribution in [-0.4, -0.2) is 25.9 Å². The molecule has 1 N–H and O–H groups in total. The Hall–Kier alpha value is -2.24. The van der Waals surface area contributed by atoms with Crippen molar-refractivity contribution in [3.05, 3.63) is 53.1 Å². The third-order valence-electron chi connectivity index (χ3n) is 4.81. The van der Waals surface area contributed by atoms with Gasteiger partial charge in [0.15, 0.2) is 11.5 Å². The largest absolute Gasteiger partial charge is 0.454 e. The summed E-state index contributed by atoms with van der Waals surface area (Å²) in [6, 6.07) is 12.9. The Balaban J connectivity index is 1.63. The summed E-state index contributed by atoms with van der Waals surface area (Å²) in [6.45, 7) is 1.31. The number of ether oxygens (including phenoxy) is 3. The third kappa shape index (κ3) is 3.05. The number of carbonyl (C=O) groups excluding carboxylic acids is 1. The van der Waals surface area contributed by atoms with Gasteiger partial charge in [0, 0.05) is 30.0 Å². The maximum Gasteiger partial charge on any atom is 0.235 e. The van der Waals surface area contributed by atoms with E-state index in [-0.39, 0.29) is 12.7 Å². The Morgan fingerprint density at radius 2 is 1.72 bits per heavy atom. The summed E-state index contributed by atoms with van der Waals surface area (Å²) in [5, 5.41) is 3.69. The highest BCUT2D eigenvalue weighted by molar-refractivity contribution is 6.30. The fraction of sp³-hybridized carbons (Fsp3) is 0.316. The third-order valence-corrected chi connectivity index (χ3v) is 5.06. The molecule has 2 aliphatic rings. The molecule has 130 valence electrons. The molecule has 4 rings (SSSR count).